The summed E-state index contributed by atoms with van der Waals surface area (Å²) >= 11 is 0. The minimum absolute atomic E-state index is 0.201. The molecular weight excluding hydrogens is 246 g/mol. The van der Waals surface area contributed by atoms with Crippen molar-refractivity contribution in [2.24, 2.45) is 11.7 Å². The van der Waals surface area contributed by atoms with E-state index in [1.807, 2.05) is 6.07 Å². The molecule has 6 nitrogen and oxygen atoms in total. The zero-order valence-corrected chi connectivity index (χ0v) is 10.6. The van der Waals surface area contributed by atoms with Crippen LogP contribution in [0.25, 0.3) is 0 Å². The molecule has 0 bridgehead atoms. The zero-order valence-electron chi connectivity index (χ0n) is 10.6. The number of hydrogen-bond donors (Lipinski definition) is 2. The fraction of sp³-hybridized carbons (Fsp3) is 0.385. The Bertz CT molecular complexity index is 524. The number of carbonyl (C=O) groups excluding carboxylic acids is 1. The number of nitrogens with two attached hydrogens (primary N) is 1. The van der Waals surface area contributed by atoms with E-state index in [1.54, 1.807) is 18.2 Å². The maximum Gasteiger partial charge on any atom is 0.231 e. The van der Waals surface area contributed by atoms with E-state index in [9.17, 15) is 4.79 Å². The highest BCUT2D eigenvalue weighted by atomic mass is 16.5. The van der Waals surface area contributed by atoms with Crippen LogP contribution in [0, 0.1) is 17.2 Å². The van der Waals surface area contributed by atoms with Gasteiger partial charge in [0.15, 0.2) is 0 Å². The molecule has 0 aromatic heterocycles. The number of nitriles is 1. The van der Waals surface area contributed by atoms with Crippen molar-refractivity contribution in [3.63, 3.8) is 0 Å². The molecule has 1 aromatic carbocycles. The molecule has 1 saturated heterocycles. The number of rotatable bonds is 3. The first-order chi connectivity index (χ1) is 9.15. The lowest BCUT2D eigenvalue weighted by Gasteiger charge is -2.15. The van der Waals surface area contributed by atoms with E-state index < -0.39 is 0 Å². The predicted molar refractivity (Wildman–Crippen MR) is 68.6 cm³/mol. The average Bonchev–Trinajstić information content (AvgIpc) is 2.85. The molecule has 0 saturated carbocycles. The Hall–Kier alpha value is -2.10. The molecule has 1 amide bonds. The molecule has 1 aromatic rings. The normalized spacial score (nSPS) is 21.7. The number of amides is 1. The van der Waals surface area contributed by atoms with Gasteiger partial charge in [0.05, 0.1) is 43.6 Å². The molecule has 0 radical (unpaired) electrons. The number of nitrogens with one attached hydrogen (secondary N) is 1. The van der Waals surface area contributed by atoms with Crippen molar-refractivity contribution in [3.05, 3.63) is 23.8 Å². The van der Waals surface area contributed by atoms with Crippen LogP contribution in [0.1, 0.15) is 5.56 Å². The van der Waals surface area contributed by atoms with E-state index in [0.29, 0.717) is 30.2 Å². The Morgan fingerprint density at radius 3 is 2.95 bits per heavy atom. The van der Waals surface area contributed by atoms with E-state index in [2.05, 4.69) is 5.32 Å². The summed E-state index contributed by atoms with van der Waals surface area (Å²) in [6.45, 7) is 0.716. The molecule has 19 heavy (non-hydrogen) atoms. The van der Waals surface area contributed by atoms with Gasteiger partial charge in [-0.1, -0.05) is 0 Å². The van der Waals surface area contributed by atoms with Gasteiger partial charge in [0, 0.05) is 12.1 Å². The van der Waals surface area contributed by atoms with Crippen molar-refractivity contribution in [3.8, 4) is 11.8 Å². The third kappa shape index (κ3) is 2.84. The number of methoxy groups -OCH3 is 1. The van der Waals surface area contributed by atoms with Crippen LogP contribution < -0.4 is 15.8 Å². The lowest BCUT2D eigenvalue weighted by atomic mass is 10.0. The number of benzene rings is 1. The van der Waals surface area contributed by atoms with Gasteiger partial charge in [0.25, 0.3) is 0 Å². The summed E-state index contributed by atoms with van der Waals surface area (Å²) in [5.74, 6) is -0.117. The van der Waals surface area contributed by atoms with Crippen LogP contribution in [-0.2, 0) is 9.53 Å². The van der Waals surface area contributed by atoms with Crippen molar-refractivity contribution in [1.29, 1.82) is 5.26 Å². The van der Waals surface area contributed by atoms with Crippen molar-refractivity contribution in [1.82, 2.24) is 0 Å². The van der Waals surface area contributed by atoms with Crippen LogP contribution >= 0.6 is 0 Å². The van der Waals surface area contributed by atoms with Gasteiger partial charge in [-0.05, 0) is 12.1 Å². The minimum atomic E-state index is -0.361. The predicted octanol–water partition coefficient (Wildman–Crippen LogP) is 0.479. The van der Waals surface area contributed by atoms with Crippen LogP contribution in [0.15, 0.2) is 18.2 Å². The lowest BCUT2D eigenvalue weighted by Crippen LogP contribution is -2.37. The van der Waals surface area contributed by atoms with Gasteiger partial charge in [0.1, 0.15) is 5.75 Å². The molecule has 1 aliphatic rings. The van der Waals surface area contributed by atoms with E-state index in [1.165, 1.54) is 7.11 Å². The second kappa shape index (κ2) is 5.69. The summed E-state index contributed by atoms with van der Waals surface area (Å²) in [5.41, 5.74) is 6.78. The number of hydrogen-bond acceptors (Lipinski definition) is 5. The van der Waals surface area contributed by atoms with Gasteiger partial charge in [0.2, 0.25) is 5.91 Å². The van der Waals surface area contributed by atoms with E-state index in [-0.39, 0.29) is 17.9 Å². The van der Waals surface area contributed by atoms with E-state index in [0.717, 1.165) is 0 Å². The fourth-order valence-corrected chi connectivity index (χ4v) is 1.93. The van der Waals surface area contributed by atoms with Gasteiger partial charge in [-0.3, -0.25) is 4.79 Å². The van der Waals surface area contributed by atoms with Gasteiger partial charge in [-0.2, -0.15) is 5.26 Å². The maximum atomic E-state index is 12.1. The van der Waals surface area contributed by atoms with E-state index >= 15 is 0 Å². The third-order valence-electron chi connectivity index (χ3n) is 3.05. The highest BCUT2D eigenvalue weighted by Gasteiger charge is 2.31. The third-order valence-corrected chi connectivity index (χ3v) is 3.05. The maximum absolute atomic E-state index is 12.1. The second-order valence-electron chi connectivity index (χ2n) is 4.32. The van der Waals surface area contributed by atoms with Crippen molar-refractivity contribution in [2.45, 2.75) is 6.04 Å². The monoisotopic (exact) mass is 261 g/mol. The summed E-state index contributed by atoms with van der Waals surface area (Å²) < 4.78 is 10.3. The summed E-state index contributed by atoms with van der Waals surface area (Å²) in [7, 11) is 1.48. The average molecular weight is 261 g/mol. The number of anilines is 1. The molecule has 1 fully saturated rings. The summed E-state index contributed by atoms with van der Waals surface area (Å²) in [6, 6.07) is 6.54. The molecule has 1 heterocycles. The summed E-state index contributed by atoms with van der Waals surface area (Å²) in [4.78, 5) is 12.1. The largest absolute Gasteiger partial charge is 0.495 e. The van der Waals surface area contributed by atoms with Gasteiger partial charge < -0.3 is 20.5 Å². The van der Waals surface area contributed by atoms with Crippen molar-refractivity contribution < 1.29 is 14.3 Å². The molecule has 2 unspecified atom stereocenters. The van der Waals surface area contributed by atoms with E-state index in [4.69, 9.17) is 20.5 Å². The Morgan fingerprint density at radius 1 is 1.58 bits per heavy atom. The Morgan fingerprint density at radius 2 is 2.37 bits per heavy atom. The van der Waals surface area contributed by atoms with Crippen LogP contribution in [0.2, 0.25) is 0 Å². The fourth-order valence-electron chi connectivity index (χ4n) is 1.93. The van der Waals surface area contributed by atoms with Crippen molar-refractivity contribution >= 4 is 11.6 Å². The number of carbonyl (C=O) groups is 1. The number of nitrogens with zero attached hydrogens (tertiary/aromatic N) is 1. The van der Waals surface area contributed by atoms with Crippen LogP contribution in [-0.4, -0.2) is 32.3 Å². The first-order valence-corrected chi connectivity index (χ1v) is 5.88. The molecule has 2 atom stereocenters. The van der Waals surface area contributed by atoms with Crippen LogP contribution in [0.4, 0.5) is 5.69 Å². The van der Waals surface area contributed by atoms with Gasteiger partial charge in [-0.25, -0.2) is 0 Å². The van der Waals surface area contributed by atoms with Gasteiger partial charge >= 0.3 is 0 Å². The standard InChI is InChI=1S/C13H15N3O3/c1-18-12-4-8(5-14)2-3-11(12)16-13(17)9-6-19-7-10(9)15/h2-4,9-10H,6-7,15H2,1H3,(H,16,17). The minimum Gasteiger partial charge on any atom is -0.495 e. The smallest absolute Gasteiger partial charge is 0.231 e. The highest BCUT2D eigenvalue weighted by molar-refractivity contribution is 5.94. The number of ether oxygens (including phenoxy) is 2. The first-order valence-electron chi connectivity index (χ1n) is 5.88. The SMILES string of the molecule is COc1cc(C#N)ccc1NC(=O)C1COCC1N. The molecule has 100 valence electrons. The first kappa shape index (κ1) is 13.3. The Labute approximate surface area is 111 Å². The Kier molecular flexibility index (Phi) is 4.00. The lowest BCUT2D eigenvalue weighted by molar-refractivity contribution is -0.120. The van der Waals surface area contributed by atoms with Crippen LogP contribution in [0.5, 0.6) is 5.75 Å². The molecule has 6 heteroatoms. The molecule has 0 aliphatic carbocycles. The van der Waals surface area contributed by atoms with Crippen molar-refractivity contribution in [2.75, 3.05) is 25.6 Å². The molecule has 2 rings (SSSR count). The van der Waals surface area contributed by atoms with Crippen LogP contribution in [0.3, 0.4) is 0 Å². The topological polar surface area (TPSA) is 97.4 Å². The molecule has 0 spiro atoms. The summed E-state index contributed by atoms with van der Waals surface area (Å²) in [6.07, 6.45) is 0. The molecular formula is C13H15N3O3. The zero-order chi connectivity index (χ0) is 13.8. The highest BCUT2D eigenvalue weighted by Crippen LogP contribution is 2.26. The quantitative estimate of drug-likeness (QED) is 0.824. The second-order valence-corrected chi connectivity index (χ2v) is 4.32. The summed E-state index contributed by atoms with van der Waals surface area (Å²) in [5, 5.41) is 11.6. The molecule has 3 N–H and O–H groups in total. The molecule has 1 aliphatic heterocycles. The Balaban J connectivity index is 2.14. The van der Waals surface area contributed by atoms with Gasteiger partial charge in [-0.15, -0.1) is 0 Å².